The van der Waals surface area contributed by atoms with Crippen molar-refractivity contribution in [1.29, 1.82) is 0 Å². The largest absolute Gasteiger partial charge is 0.334 e. The number of carbonyl (C=O) groups excluding carboxylic acids is 1. The van der Waals surface area contributed by atoms with Crippen LogP contribution in [-0.2, 0) is 6.42 Å². The van der Waals surface area contributed by atoms with Gasteiger partial charge >= 0.3 is 6.03 Å². The SMILES string of the molecule is CC1CCCCN1C(=O)NC(Cc1ccccc1)CN(C)C. The molecule has 1 aromatic carbocycles. The van der Waals surface area contributed by atoms with Crippen LogP contribution in [0.5, 0.6) is 0 Å². The van der Waals surface area contributed by atoms with Crippen LogP contribution in [0, 0.1) is 0 Å². The molecule has 2 unspecified atom stereocenters. The summed E-state index contributed by atoms with van der Waals surface area (Å²) in [6.07, 6.45) is 4.34. The van der Waals surface area contributed by atoms with Gasteiger partial charge in [0, 0.05) is 25.2 Å². The van der Waals surface area contributed by atoms with Gasteiger partial charge in [-0.05, 0) is 52.3 Å². The van der Waals surface area contributed by atoms with E-state index < -0.39 is 0 Å². The third-order valence-electron chi connectivity index (χ3n) is 4.30. The summed E-state index contributed by atoms with van der Waals surface area (Å²) in [5.41, 5.74) is 1.27. The van der Waals surface area contributed by atoms with Gasteiger partial charge in [0.25, 0.3) is 0 Å². The van der Waals surface area contributed by atoms with E-state index in [0.717, 1.165) is 32.4 Å². The predicted molar refractivity (Wildman–Crippen MR) is 91.0 cm³/mol. The highest BCUT2D eigenvalue weighted by atomic mass is 16.2. The van der Waals surface area contributed by atoms with Gasteiger partial charge in [-0.3, -0.25) is 0 Å². The summed E-state index contributed by atoms with van der Waals surface area (Å²) in [4.78, 5) is 16.7. The van der Waals surface area contributed by atoms with Gasteiger partial charge in [0.05, 0.1) is 0 Å². The van der Waals surface area contributed by atoms with Gasteiger partial charge in [-0.1, -0.05) is 30.3 Å². The lowest BCUT2D eigenvalue weighted by atomic mass is 10.0. The van der Waals surface area contributed by atoms with E-state index in [1.807, 2.05) is 25.1 Å². The molecule has 4 nitrogen and oxygen atoms in total. The molecule has 2 amide bonds. The Kier molecular flexibility index (Phi) is 6.25. The van der Waals surface area contributed by atoms with Gasteiger partial charge in [-0.15, -0.1) is 0 Å². The lowest BCUT2D eigenvalue weighted by Crippen LogP contribution is -2.52. The Labute approximate surface area is 134 Å². The highest BCUT2D eigenvalue weighted by Gasteiger charge is 2.25. The minimum absolute atomic E-state index is 0.0926. The number of nitrogens with zero attached hydrogens (tertiary/aromatic N) is 2. The third kappa shape index (κ3) is 5.02. The van der Waals surface area contributed by atoms with E-state index in [1.165, 1.54) is 12.0 Å². The van der Waals surface area contributed by atoms with Crippen molar-refractivity contribution in [3.05, 3.63) is 35.9 Å². The summed E-state index contributed by atoms with van der Waals surface area (Å²) < 4.78 is 0. The Balaban J connectivity index is 1.97. The number of likely N-dealkylation sites (N-methyl/N-ethyl adjacent to an activating group) is 1. The topological polar surface area (TPSA) is 35.6 Å². The number of piperidine rings is 1. The van der Waals surface area contributed by atoms with Crippen LogP contribution in [0.4, 0.5) is 4.79 Å². The average molecular weight is 303 g/mol. The van der Waals surface area contributed by atoms with Crippen LogP contribution in [0.25, 0.3) is 0 Å². The van der Waals surface area contributed by atoms with Crippen LogP contribution < -0.4 is 5.32 Å². The summed E-state index contributed by atoms with van der Waals surface area (Å²) in [5.74, 6) is 0. The zero-order valence-electron chi connectivity index (χ0n) is 14.1. The molecule has 1 aliphatic rings. The summed E-state index contributed by atoms with van der Waals surface area (Å²) in [7, 11) is 4.10. The van der Waals surface area contributed by atoms with Crippen LogP contribution >= 0.6 is 0 Å². The summed E-state index contributed by atoms with van der Waals surface area (Å²) >= 11 is 0. The molecule has 1 aliphatic heterocycles. The van der Waals surface area contributed by atoms with Crippen molar-refractivity contribution in [3.8, 4) is 0 Å². The molecule has 0 aromatic heterocycles. The van der Waals surface area contributed by atoms with Gasteiger partial charge in [-0.2, -0.15) is 0 Å². The Morgan fingerprint density at radius 3 is 2.68 bits per heavy atom. The number of benzene rings is 1. The van der Waals surface area contributed by atoms with Gasteiger partial charge in [0.1, 0.15) is 0 Å². The standard InChI is InChI=1S/C18H29N3O/c1-15-9-7-8-12-21(15)18(22)19-17(14-20(2)3)13-16-10-5-4-6-11-16/h4-6,10-11,15,17H,7-9,12-14H2,1-3H3,(H,19,22). The number of urea groups is 1. The Morgan fingerprint density at radius 1 is 1.32 bits per heavy atom. The number of carbonyl (C=O) groups is 1. The van der Waals surface area contributed by atoms with Crippen molar-refractivity contribution in [3.63, 3.8) is 0 Å². The van der Waals surface area contributed by atoms with E-state index in [4.69, 9.17) is 0 Å². The van der Waals surface area contributed by atoms with Crippen LogP contribution in [-0.4, -0.2) is 55.1 Å². The molecule has 1 fully saturated rings. The molecule has 0 bridgehead atoms. The van der Waals surface area contributed by atoms with E-state index in [1.54, 1.807) is 0 Å². The van der Waals surface area contributed by atoms with Gasteiger partial charge in [0.15, 0.2) is 0 Å². The minimum atomic E-state index is 0.0926. The normalized spacial score (nSPS) is 20.0. The molecule has 1 saturated heterocycles. The number of nitrogens with one attached hydrogen (secondary N) is 1. The second kappa shape index (κ2) is 8.18. The maximum Gasteiger partial charge on any atom is 0.317 e. The molecule has 0 radical (unpaired) electrons. The van der Waals surface area contributed by atoms with Crippen molar-refractivity contribution in [2.24, 2.45) is 0 Å². The van der Waals surface area contributed by atoms with Crippen LogP contribution in [0.2, 0.25) is 0 Å². The molecule has 1 heterocycles. The lowest BCUT2D eigenvalue weighted by Gasteiger charge is -2.35. The van der Waals surface area contributed by atoms with E-state index in [0.29, 0.717) is 6.04 Å². The number of rotatable bonds is 5. The Morgan fingerprint density at radius 2 is 2.05 bits per heavy atom. The average Bonchev–Trinajstić information content (AvgIpc) is 2.48. The van der Waals surface area contributed by atoms with Crippen molar-refractivity contribution in [1.82, 2.24) is 15.1 Å². The first kappa shape index (κ1) is 16.8. The fourth-order valence-corrected chi connectivity index (χ4v) is 3.16. The van der Waals surface area contributed by atoms with Gasteiger partial charge in [-0.25, -0.2) is 4.79 Å². The molecule has 1 aromatic rings. The monoisotopic (exact) mass is 303 g/mol. The fraction of sp³-hybridized carbons (Fsp3) is 0.611. The van der Waals surface area contributed by atoms with Crippen molar-refractivity contribution < 1.29 is 4.79 Å². The van der Waals surface area contributed by atoms with Gasteiger partial charge < -0.3 is 15.1 Å². The quantitative estimate of drug-likeness (QED) is 0.908. The van der Waals surface area contributed by atoms with Crippen LogP contribution in [0.1, 0.15) is 31.7 Å². The molecule has 0 saturated carbocycles. The summed E-state index contributed by atoms with van der Waals surface area (Å²) in [6, 6.07) is 11.0. The number of hydrogen-bond donors (Lipinski definition) is 1. The van der Waals surface area contributed by atoms with Crippen LogP contribution in [0.15, 0.2) is 30.3 Å². The maximum atomic E-state index is 12.6. The molecule has 2 rings (SSSR count). The highest BCUT2D eigenvalue weighted by Crippen LogP contribution is 2.16. The van der Waals surface area contributed by atoms with Gasteiger partial charge in [0.2, 0.25) is 0 Å². The highest BCUT2D eigenvalue weighted by molar-refractivity contribution is 5.75. The molecule has 122 valence electrons. The predicted octanol–water partition coefficient (Wildman–Crippen LogP) is 2.74. The second-order valence-corrected chi connectivity index (χ2v) is 6.64. The van der Waals surface area contributed by atoms with E-state index in [2.05, 4.69) is 41.4 Å². The minimum Gasteiger partial charge on any atom is -0.334 e. The first-order valence-electron chi connectivity index (χ1n) is 8.32. The molecular formula is C18H29N3O. The number of amides is 2. The smallest absolute Gasteiger partial charge is 0.317 e. The molecule has 0 spiro atoms. The lowest BCUT2D eigenvalue weighted by molar-refractivity contribution is 0.152. The summed E-state index contributed by atoms with van der Waals surface area (Å²) in [6.45, 7) is 3.88. The molecule has 4 heteroatoms. The second-order valence-electron chi connectivity index (χ2n) is 6.64. The van der Waals surface area contributed by atoms with E-state index in [9.17, 15) is 4.79 Å². The fourth-order valence-electron chi connectivity index (χ4n) is 3.16. The first-order valence-corrected chi connectivity index (χ1v) is 8.32. The third-order valence-corrected chi connectivity index (χ3v) is 4.30. The maximum absolute atomic E-state index is 12.6. The zero-order chi connectivity index (χ0) is 15.9. The summed E-state index contributed by atoms with van der Waals surface area (Å²) in [5, 5.41) is 3.24. The number of hydrogen-bond acceptors (Lipinski definition) is 2. The molecule has 2 atom stereocenters. The molecule has 1 N–H and O–H groups in total. The van der Waals surface area contributed by atoms with Crippen LogP contribution in [0.3, 0.4) is 0 Å². The molecule has 22 heavy (non-hydrogen) atoms. The Bertz CT molecular complexity index is 461. The molecular weight excluding hydrogens is 274 g/mol. The van der Waals surface area contributed by atoms with Crippen molar-refractivity contribution >= 4 is 6.03 Å². The first-order chi connectivity index (χ1) is 10.6. The van der Waals surface area contributed by atoms with E-state index >= 15 is 0 Å². The molecule has 0 aliphatic carbocycles. The van der Waals surface area contributed by atoms with Crippen molar-refractivity contribution in [2.75, 3.05) is 27.2 Å². The van der Waals surface area contributed by atoms with E-state index in [-0.39, 0.29) is 12.1 Å². The number of likely N-dealkylation sites (tertiary alicyclic amines) is 1. The Hall–Kier alpha value is -1.55. The zero-order valence-corrected chi connectivity index (χ0v) is 14.1. The van der Waals surface area contributed by atoms with Crippen molar-refractivity contribution in [2.45, 2.75) is 44.7 Å².